The second kappa shape index (κ2) is 18.6. The Morgan fingerprint density at radius 2 is 1.66 bits per heavy atom. The zero-order chi connectivity index (χ0) is 46.9. The number of amides is 4. The molecule has 4 aliphatic rings. The number of azo groups is 1. The van der Waals surface area contributed by atoms with Crippen LogP contribution in [0.15, 0.2) is 69.9 Å². The fraction of sp³-hybridized carbons (Fsp3) is 0.383. The van der Waals surface area contributed by atoms with Crippen LogP contribution in [0.4, 0.5) is 28.8 Å². The van der Waals surface area contributed by atoms with E-state index < -0.39 is 11.9 Å². The third-order valence-electron chi connectivity index (χ3n) is 12.9. The molecule has 1 unspecified atom stereocenters. The number of aromatic nitrogens is 4. The van der Waals surface area contributed by atoms with Gasteiger partial charge in [0.2, 0.25) is 23.5 Å². The summed E-state index contributed by atoms with van der Waals surface area (Å²) in [5.74, 6) is -0.103. The number of carbonyl (C=O) groups excluding carboxylic acids is 5. The second-order valence-corrected chi connectivity index (χ2v) is 16.9. The number of methoxy groups -OCH3 is 2. The van der Waals surface area contributed by atoms with Crippen LogP contribution in [-0.4, -0.2) is 112 Å². The Balaban J connectivity index is 0.808. The molecule has 3 aromatic heterocycles. The van der Waals surface area contributed by atoms with Crippen molar-refractivity contribution in [3.63, 3.8) is 0 Å². The lowest BCUT2D eigenvalue weighted by atomic mass is 10.0. The third kappa shape index (κ3) is 8.73. The first-order chi connectivity index (χ1) is 32.4. The van der Waals surface area contributed by atoms with E-state index in [0.29, 0.717) is 71.1 Å². The third-order valence-corrected chi connectivity index (χ3v) is 12.9. The van der Waals surface area contributed by atoms with E-state index in [9.17, 15) is 28.8 Å². The van der Waals surface area contributed by atoms with E-state index in [-0.39, 0.29) is 89.9 Å². The van der Waals surface area contributed by atoms with E-state index >= 15 is 0 Å². The van der Waals surface area contributed by atoms with Crippen molar-refractivity contribution in [1.29, 1.82) is 0 Å². The quantitative estimate of drug-likeness (QED) is 0.0847. The van der Waals surface area contributed by atoms with Crippen LogP contribution < -0.4 is 35.3 Å². The average Bonchev–Trinajstić information content (AvgIpc) is 3.98. The standard InChI is InChI=1S/C47H49N11O9/c1-26-32-23-49-47(52-43(32)58(29-8-5-6-9-29)46(64)41(26)27(2)59)50-38-14-12-30(22-48-38)55-16-18-56(19-17-55)40(61)25-67-42-36(65-3)20-28(21-37(42)66-4)53-54-34-11-7-10-31-33(34)24-57(45(31)63)35-13-15-39(60)51-44(35)62/h7,10-12,14,20-23,29,35H,5-6,8-9,13,15-19,24-25H2,1-4H3,(H,51,60,62)(H,48,49,50,52). The summed E-state index contributed by atoms with van der Waals surface area (Å²) in [6, 6.07) is 11.3. The molecular weight excluding hydrogens is 863 g/mol. The Bertz CT molecular complexity index is 2880. The molecule has 5 aromatic rings. The topological polar surface area (TPSA) is 232 Å². The molecule has 20 heteroatoms. The first kappa shape index (κ1) is 44.4. The summed E-state index contributed by atoms with van der Waals surface area (Å²) in [5, 5.41) is 15.0. The Hall–Kier alpha value is -7.77. The summed E-state index contributed by atoms with van der Waals surface area (Å²) in [7, 11) is 2.92. The van der Waals surface area contributed by atoms with E-state index in [1.165, 1.54) is 26.0 Å². The molecule has 67 heavy (non-hydrogen) atoms. The highest BCUT2D eigenvalue weighted by Crippen LogP contribution is 2.42. The molecular formula is C47H49N11O9. The largest absolute Gasteiger partial charge is 0.493 e. The molecule has 1 atom stereocenters. The van der Waals surface area contributed by atoms with Gasteiger partial charge in [0.1, 0.15) is 17.5 Å². The number of carbonyl (C=O) groups is 5. The van der Waals surface area contributed by atoms with Gasteiger partial charge < -0.3 is 34.2 Å². The van der Waals surface area contributed by atoms with Gasteiger partial charge in [0.05, 0.1) is 43.0 Å². The fourth-order valence-corrected chi connectivity index (χ4v) is 9.35. The summed E-state index contributed by atoms with van der Waals surface area (Å²) >= 11 is 0. The second-order valence-electron chi connectivity index (χ2n) is 16.9. The molecule has 0 spiro atoms. The summed E-state index contributed by atoms with van der Waals surface area (Å²) in [6.45, 7) is 5.09. The summed E-state index contributed by atoms with van der Waals surface area (Å²) in [5.41, 5.74) is 3.66. The SMILES string of the molecule is COc1cc(N=Nc2cccc3c2CN(C2CCC(=O)NC2=O)C3=O)cc(OC)c1OCC(=O)N1CCN(c2ccc(Nc3ncc4c(C)c(C(C)=O)c(=O)n(C5CCCC5)c4n3)nc2)CC1. The van der Waals surface area contributed by atoms with Crippen molar-refractivity contribution in [3.05, 3.63) is 87.5 Å². The highest BCUT2D eigenvalue weighted by molar-refractivity contribution is 6.06. The van der Waals surface area contributed by atoms with Gasteiger partial charge in [-0.1, -0.05) is 18.9 Å². The zero-order valence-corrected chi connectivity index (χ0v) is 37.5. The predicted molar refractivity (Wildman–Crippen MR) is 244 cm³/mol. The molecule has 1 saturated carbocycles. The molecule has 3 aliphatic heterocycles. The summed E-state index contributed by atoms with van der Waals surface area (Å²) in [4.78, 5) is 96.3. The highest BCUT2D eigenvalue weighted by Gasteiger charge is 2.40. The van der Waals surface area contributed by atoms with Crippen LogP contribution in [0.25, 0.3) is 11.0 Å². The molecule has 3 fully saturated rings. The smallest absolute Gasteiger partial charge is 0.263 e. The maximum absolute atomic E-state index is 13.6. The minimum Gasteiger partial charge on any atom is -0.493 e. The number of piperazine rings is 1. The first-order valence-corrected chi connectivity index (χ1v) is 22.2. The highest BCUT2D eigenvalue weighted by atomic mass is 16.5. The number of Topliss-reactive ketones (excluding diaryl/α,β-unsaturated/α-hetero) is 1. The van der Waals surface area contributed by atoms with Gasteiger partial charge in [-0.3, -0.25) is 38.7 Å². The van der Waals surface area contributed by atoms with Crippen LogP contribution in [0.2, 0.25) is 0 Å². The van der Waals surface area contributed by atoms with Crippen molar-refractivity contribution in [3.8, 4) is 17.2 Å². The van der Waals surface area contributed by atoms with Crippen LogP contribution in [0.1, 0.15) is 83.3 Å². The number of rotatable bonds is 13. The fourth-order valence-electron chi connectivity index (χ4n) is 9.35. The molecule has 2 saturated heterocycles. The van der Waals surface area contributed by atoms with Gasteiger partial charge in [0.15, 0.2) is 23.9 Å². The number of fused-ring (bicyclic) bond motifs is 2. The van der Waals surface area contributed by atoms with Crippen LogP contribution in [0.3, 0.4) is 0 Å². The lowest BCUT2D eigenvalue weighted by molar-refractivity contribution is -0.137. The number of ketones is 1. The maximum Gasteiger partial charge on any atom is 0.263 e. The van der Waals surface area contributed by atoms with Gasteiger partial charge in [0, 0.05) is 80.0 Å². The number of nitrogens with one attached hydrogen (secondary N) is 2. The summed E-state index contributed by atoms with van der Waals surface area (Å²) < 4.78 is 18.9. The number of pyridine rings is 2. The number of aryl methyl sites for hydroxylation is 1. The normalized spacial score (nSPS) is 17.6. The molecule has 1 aliphatic carbocycles. The van der Waals surface area contributed by atoms with Crippen LogP contribution in [0.5, 0.6) is 17.2 Å². The minimum absolute atomic E-state index is 0.0307. The van der Waals surface area contributed by atoms with Gasteiger partial charge >= 0.3 is 0 Å². The Morgan fingerprint density at radius 1 is 0.910 bits per heavy atom. The van der Waals surface area contributed by atoms with Crippen molar-refractivity contribution in [2.45, 2.75) is 71.0 Å². The molecule has 346 valence electrons. The number of imide groups is 1. The monoisotopic (exact) mass is 911 g/mol. The van der Waals surface area contributed by atoms with Gasteiger partial charge in [-0.25, -0.2) is 9.97 Å². The molecule has 0 radical (unpaired) electrons. The molecule has 4 amide bonds. The van der Waals surface area contributed by atoms with Crippen molar-refractivity contribution in [2.24, 2.45) is 10.2 Å². The Morgan fingerprint density at radius 3 is 2.33 bits per heavy atom. The van der Waals surface area contributed by atoms with E-state index in [1.807, 2.05) is 12.1 Å². The number of benzene rings is 2. The molecule has 0 bridgehead atoms. The maximum atomic E-state index is 13.6. The van der Waals surface area contributed by atoms with Gasteiger partial charge in [-0.15, -0.1) is 0 Å². The summed E-state index contributed by atoms with van der Waals surface area (Å²) in [6.07, 6.45) is 7.51. The molecule has 6 heterocycles. The van der Waals surface area contributed by atoms with E-state index in [4.69, 9.17) is 19.2 Å². The van der Waals surface area contributed by atoms with Crippen molar-refractivity contribution >= 4 is 69.3 Å². The predicted octanol–water partition coefficient (Wildman–Crippen LogP) is 5.48. The van der Waals surface area contributed by atoms with Crippen LogP contribution in [-0.2, 0) is 20.9 Å². The number of hydrogen-bond donors (Lipinski definition) is 2. The van der Waals surface area contributed by atoms with E-state index in [0.717, 1.165) is 31.4 Å². The van der Waals surface area contributed by atoms with Gasteiger partial charge in [0.25, 0.3) is 17.4 Å². The molecule has 9 rings (SSSR count). The Labute approximate surface area is 384 Å². The number of piperidine rings is 1. The number of hydrogen-bond acceptors (Lipinski definition) is 16. The van der Waals surface area contributed by atoms with Gasteiger partial charge in [-0.2, -0.15) is 15.2 Å². The molecule has 20 nitrogen and oxygen atoms in total. The average molecular weight is 912 g/mol. The van der Waals surface area contributed by atoms with Crippen molar-refractivity contribution < 1.29 is 38.2 Å². The number of ether oxygens (including phenoxy) is 3. The van der Waals surface area contributed by atoms with Crippen LogP contribution >= 0.6 is 0 Å². The Kier molecular flexibility index (Phi) is 12.3. The van der Waals surface area contributed by atoms with Crippen molar-refractivity contribution in [2.75, 3.05) is 57.2 Å². The number of nitrogens with zero attached hydrogens (tertiary/aromatic N) is 9. The molecule has 2 N–H and O–H groups in total. The lowest BCUT2D eigenvalue weighted by Crippen LogP contribution is -2.52. The number of anilines is 3. The first-order valence-electron chi connectivity index (χ1n) is 22.2. The lowest BCUT2D eigenvalue weighted by Gasteiger charge is -2.36. The van der Waals surface area contributed by atoms with Gasteiger partial charge in [-0.05, 0) is 62.9 Å². The van der Waals surface area contributed by atoms with E-state index in [1.54, 1.807) is 59.1 Å². The minimum atomic E-state index is -0.757. The van der Waals surface area contributed by atoms with Crippen molar-refractivity contribution in [1.82, 2.24) is 34.6 Å². The van der Waals surface area contributed by atoms with E-state index in [2.05, 4.69) is 35.7 Å². The zero-order valence-electron chi connectivity index (χ0n) is 37.5. The van der Waals surface area contributed by atoms with Crippen LogP contribution in [0, 0.1) is 6.92 Å². The molecule has 2 aromatic carbocycles.